The lowest BCUT2D eigenvalue weighted by Gasteiger charge is -2.27. The van der Waals surface area contributed by atoms with Gasteiger partial charge in [-0.25, -0.2) is 0 Å². The van der Waals surface area contributed by atoms with E-state index in [0.717, 1.165) is 23.1 Å². The Balaban J connectivity index is 2.94. The molecule has 17 heavy (non-hydrogen) atoms. The SMILES string of the molecule is CCCCCC(C)(C)c1ccc(C)c(C)c1O. The summed E-state index contributed by atoms with van der Waals surface area (Å²) < 4.78 is 0. The molecule has 1 aromatic rings. The summed E-state index contributed by atoms with van der Waals surface area (Å²) in [4.78, 5) is 0. The molecule has 0 amide bonds. The smallest absolute Gasteiger partial charge is 0.122 e. The third-order valence-corrected chi connectivity index (χ3v) is 3.84. The number of unbranched alkanes of at least 4 members (excludes halogenated alkanes) is 2. The number of phenols is 1. The van der Waals surface area contributed by atoms with Gasteiger partial charge in [0.2, 0.25) is 0 Å². The van der Waals surface area contributed by atoms with Crippen LogP contribution in [-0.2, 0) is 5.41 Å². The Morgan fingerprint density at radius 2 is 1.76 bits per heavy atom. The van der Waals surface area contributed by atoms with Gasteiger partial charge in [-0.15, -0.1) is 0 Å². The maximum absolute atomic E-state index is 10.3. The first-order valence-corrected chi connectivity index (χ1v) is 6.69. The van der Waals surface area contributed by atoms with Gasteiger partial charge < -0.3 is 5.11 Å². The third kappa shape index (κ3) is 3.24. The van der Waals surface area contributed by atoms with E-state index in [9.17, 15) is 5.11 Å². The molecule has 1 rings (SSSR count). The zero-order valence-electron chi connectivity index (χ0n) is 11.9. The lowest BCUT2D eigenvalue weighted by atomic mass is 9.78. The van der Waals surface area contributed by atoms with Crippen molar-refractivity contribution in [3.8, 4) is 5.75 Å². The standard InChI is InChI=1S/C16H26O/c1-6-7-8-11-16(4,5)14-10-9-12(2)13(3)15(14)17/h9-10,17H,6-8,11H2,1-5H3. The highest BCUT2D eigenvalue weighted by Crippen LogP contribution is 2.37. The van der Waals surface area contributed by atoms with Gasteiger partial charge in [0.1, 0.15) is 5.75 Å². The Hall–Kier alpha value is -0.980. The van der Waals surface area contributed by atoms with E-state index in [-0.39, 0.29) is 5.41 Å². The summed E-state index contributed by atoms with van der Waals surface area (Å²) in [5, 5.41) is 10.3. The normalized spacial score (nSPS) is 11.8. The highest BCUT2D eigenvalue weighted by Gasteiger charge is 2.24. The van der Waals surface area contributed by atoms with E-state index < -0.39 is 0 Å². The molecule has 0 spiro atoms. The number of phenolic OH excluding ortho intramolecular Hbond substituents is 1. The molecule has 0 saturated heterocycles. The monoisotopic (exact) mass is 234 g/mol. The first-order chi connectivity index (χ1) is 7.90. The number of benzene rings is 1. The van der Waals surface area contributed by atoms with Crippen molar-refractivity contribution in [1.82, 2.24) is 0 Å². The van der Waals surface area contributed by atoms with Crippen LogP contribution in [0.4, 0.5) is 0 Å². The molecule has 1 nitrogen and oxygen atoms in total. The minimum absolute atomic E-state index is 0.0672. The molecule has 0 aromatic heterocycles. The van der Waals surface area contributed by atoms with Crippen molar-refractivity contribution in [2.24, 2.45) is 0 Å². The Morgan fingerprint density at radius 3 is 2.35 bits per heavy atom. The minimum Gasteiger partial charge on any atom is -0.507 e. The molecule has 1 heteroatoms. The fourth-order valence-corrected chi connectivity index (χ4v) is 2.30. The van der Waals surface area contributed by atoms with Crippen molar-refractivity contribution in [3.05, 3.63) is 28.8 Å². The van der Waals surface area contributed by atoms with Gasteiger partial charge in [-0.3, -0.25) is 0 Å². The van der Waals surface area contributed by atoms with Crippen LogP contribution in [0.25, 0.3) is 0 Å². The van der Waals surface area contributed by atoms with Crippen LogP contribution < -0.4 is 0 Å². The predicted molar refractivity (Wildman–Crippen MR) is 74.7 cm³/mol. The molecule has 0 unspecified atom stereocenters. The van der Waals surface area contributed by atoms with Crippen LogP contribution in [0.3, 0.4) is 0 Å². The van der Waals surface area contributed by atoms with Gasteiger partial charge in [0.15, 0.2) is 0 Å². The molecule has 96 valence electrons. The number of hydrogen-bond donors (Lipinski definition) is 1. The molecule has 0 bridgehead atoms. The zero-order chi connectivity index (χ0) is 13.1. The van der Waals surface area contributed by atoms with Crippen LogP contribution in [-0.4, -0.2) is 5.11 Å². The van der Waals surface area contributed by atoms with E-state index >= 15 is 0 Å². The van der Waals surface area contributed by atoms with Gasteiger partial charge in [-0.1, -0.05) is 52.2 Å². The first-order valence-electron chi connectivity index (χ1n) is 6.69. The van der Waals surface area contributed by atoms with Crippen molar-refractivity contribution in [3.63, 3.8) is 0 Å². The quantitative estimate of drug-likeness (QED) is 0.721. The van der Waals surface area contributed by atoms with Gasteiger partial charge in [0.25, 0.3) is 0 Å². The molecule has 1 aromatic carbocycles. The lowest BCUT2D eigenvalue weighted by Crippen LogP contribution is -2.17. The molecule has 0 heterocycles. The van der Waals surface area contributed by atoms with Crippen LogP contribution in [0, 0.1) is 13.8 Å². The maximum atomic E-state index is 10.3. The summed E-state index contributed by atoms with van der Waals surface area (Å²) >= 11 is 0. The molecule has 0 saturated carbocycles. The van der Waals surface area contributed by atoms with Crippen molar-refractivity contribution in [1.29, 1.82) is 0 Å². The average molecular weight is 234 g/mol. The minimum atomic E-state index is 0.0672. The van der Waals surface area contributed by atoms with E-state index in [4.69, 9.17) is 0 Å². The molecule has 0 atom stereocenters. The molecule has 1 N–H and O–H groups in total. The van der Waals surface area contributed by atoms with Crippen LogP contribution >= 0.6 is 0 Å². The number of rotatable bonds is 5. The van der Waals surface area contributed by atoms with Crippen LogP contribution in [0.5, 0.6) is 5.75 Å². The predicted octanol–water partition coefficient (Wildman–Crippen LogP) is 4.87. The summed E-state index contributed by atoms with van der Waals surface area (Å²) in [6, 6.07) is 4.20. The number of hydrogen-bond acceptors (Lipinski definition) is 1. The third-order valence-electron chi connectivity index (χ3n) is 3.84. The Morgan fingerprint density at radius 1 is 1.12 bits per heavy atom. The van der Waals surface area contributed by atoms with Gasteiger partial charge in [0.05, 0.1) is 0 Å². The van der Waals surface area contributed by atoms with Gasteiger partial charge in [-0.2, -0.15) is 0 Å². The second kappa shape index (κ2) is 5.57. The second-order valence-electron chi connectivity index (χ2n) is 5.74. The van der Waals surface area contributed by atoms with E-state index in [1.165, 1.54) is 19.3 Å². The van der Waals surface area contributed by atoms with Crippen LogP contribution in [0.2, 0.25) is 0 Å². The zero-order valence-corrected chi connectivity index (χ0v) is 11.9. The van der Waals surface area contributed by atoms with Crippen molar-refractivity contribution in [2.45, 2.75) is 65.7 Å². The molecule has 0 fully saturated rings. The fraction of sp³-hybridized carbons (Fsp3) is 0.625. The molecule has 0 aliphatic heterocycles. The van der Waals surface area contributed by atoms with Crippen LogP contribution in [0.15, 0.2) is 12.1 Å². The van der Waals surface area contributed by atoms with E-state index in [1.807, 2.05) is 13.8 Å². The first kappa shape index (κ1) is 14.1. The Kier molecular flexibility index (Phi) is 4.62. The number of aryl methyl sites for hydroxylation is 1. The summed E-state index contributed by atoms with van der Waals surface area (Å²) in [6.45, 7) is 10.7. The molecule has 0 aliphatic rings. The van der Waals surface area contributed by atoms with E-state index in [1.54, 1.807) is 0 Å². The largest absolute Gasteiger partial charge is 0.507 e. The highest BCUT2D eigenvalue weighted by atomic mass is 16.3. The topological polar surface area (TPSA) is 20.2 Å². The molecule has 0 radical (unpaired) electrons. The maximum Gasteiger partial charge on any atom is 0.122 e. The summed E-state index contributed by atoms with van der Waals surface area (Å²) in [5.41, 5.74) is 3.34. The summed E-state index contributed by atoms with van der Waals surface area (Å²) in [6.07, 6.45) is 4.89. The summed E-state index contributed by atoms with van der Waals surface area (Å²) in [7, 11) is 0. The molecular formula is C16H26O. The Bertz CT molecular complexity index is 377. The van der Waals surface area contributed by atoms with Gasteiger partial charge >= 0.3 is 0 Å². The fourth-order valence-electron chi connectivity index (χ4n) is 2.30. The lowest BCUT2D eigenvalue weighted by molar-refractivity contribution is 0.405. The Labute approximate surface area is 106 Å². The number of aromatic hydroxyl groups is 1. The second-order valence-corrected chi connectivity index (χ2v) is 5.74. The van der Waals surface area contributed by atoms with E-state index in [2.05, 4.69) is 32.9 Å². The average Bonchev–Trinajstić information content (AvgIpc) is 2.26. The van der Waals surface area contributed by atoms with Crippen molar-refractivity contribution >= 4 is 0 Å². The molecule has 0 aliphatic carbocycles. The van der Waals surface area contributed by atoms with Gasteiger partial charge in [-0.05, 0) is 42.4 Å². The van der Waals surface area contributed by atoms with E-state index in [0.29, 0.717) is 5.75 Å². The summed E-state index contributed by atoms with van der Waals surface area (Å²) in [5.74, 6) is 0.492. The molecular weight excluding hydrogens is 208 g/mol. The highest BCUT2D eigenvalue weighted by molar-refractivity contribution is 5.47. The van der Waals surface area contributed by atoms with Gasteiger partial charge in [0, 0.05) is 0 Å². The van der Waals surface area contributed by atoms with Crippen molar-refractivity contribution in [2.75, 3.05) is 0 Å². The van der Waals surface area contributed by atoms with Crippen LogP contribution in [0.1, 0.15) is 63.1 Å². The van der Waals surface area contributed by atoms with Crippen molar-refractivity contribution < 1.29 is 5.11 Å².